The van der Waals surface area contributed by atoms with Crippen LogP contribution in [0, 0.1) is 11.3 Å². The van der Waals surface area contributed by atoms with Crippen molar-refractivity contribution in [2.75, 3.05) is 6.54 Å². The van der Waals surface area contributed by atoms with E-state index in [1.807, 2.05) is 6.07 Å². The van der Waals surface area contributed by atoms with Crippen molar-refractivity contribution in [1.82, 2.24) is 9.88 Å². The number of carbonyl (C=O) groups is 1. The highest BCUT2D eigenvalue weighted by atomic mass is 16.3. The topological polar surface area (TPSA) is 90.4 Å². The maximum absolute atomic E-state index is 12.8. The number of nitriles is 1. The fraction of sp³-hybridized carbons (Fsp3) is 0.167. The summed E-state index contributed by atoms with van der Waals surface area (Å²) in [6.07, 6.45) is 4.42. The maximum atomic E-state index is 12.8. The van der Waals surface area contributed by atoms with Crippen LogP contribution in [-0.2, 0) is 6.54 Å². The predicted molar refractivity (Wildman–Crippen MR) is 87.2 cm³/mol. The minimum Gasteiger partial charge on any atom is -0.505 e. The zero-order chi connectivity index (χ0) is 17.2. The minimum atomic E-state index is -0.403. The van der Waals surface area contributed by atoms with Crippen molar-refractivity contribution in [3.05, 3.63) is 72.4 Å². The Morgan fingerprint density at radius 1 is 1.25 bits per heavy atom. The summed E-state index contributed by atoms with van der Waals surface area (Å²) in [6, 6.07) is 13.9. The quantitative estimate of drug-likeness (QED) is 0.913. The Morgan fingerprint density at radius 3 is 2.83 bits per heavy atom. The van der Waals surface area contributed by atoms with Crippen molar-refractivity contribution in [1.29, 1.82) is 5.26 Å². The maximum Gasteiger partial charge on any atom is 0.258 e. The van der Waals surface area contributed by atoms with E-state index >= 15 is 0 Å². The van der Waals surface area contributed by atoms with E-state index in [1.54, 1.807) is 36.4 Å². The van der Waals surface area contributed by atoms with Gasteiger partial charge in [-0.2, -0.15) is 5.26 Å². The van der Waals surface area contributed by atoms with E-state index in [9.17, 15) is 9.90 Å². The molecule has 6 heteroatoms. The number of nitrogens with zero attached hydrogens (tertiary/aromatic N) is 3. The van der Waals surface area contributed by atoms with Gasteiger partial charge in [0.05, 0.1) is 37.1 Å². The van der Waals surface area contributed by atoms with Crippen LogP contribution in [0.15, 0.2) is 65.5 Å². The van der Waals surface area contributed by atoms with E-state index in [2.05, 4.69) is 4.98 Å². The Balaban J connectivity index is 2.36. The van der Waals surface area contributed by atoms with Gasteiger partial charge in [-0.1, -0.05) is 18.2 Å². The third-order valence-corrected chi connectivity index (χ3v) is 3.18. The second-order valence-electron chi connectivity index (χ2n) is 4.88. The van der Waals surface area contributed by atoms with Crippen molar-refractivity contribution >= 4 is 5.91 Å². The Morgan fingerprint density at radius 2 is 2.08 bits per heavy atom. The fourth-order valence-electron chi connectivity index (χ4n) is 2.03. The average molecular weight is 323 g/mol. The fourth-order valence-corrected chi connectivity index (χ4v) is 2.03. The molecule has 24 heavy (non-hydrogen) atoms. The Labute approximate surface area is 139 Å². The molecule has 0 radical (unpaired) electrons. The number of aromatic nitrogens is 1. The van der Waals surface area contributed by atoms with Crippen LogP contribution >= 0.6 is 0 Å². The third kappa shape index (κ3) is 4.85. The number of carbonyl (C=O) groups excluding carboxylic acids is 1. The highest BCUT2D eigenvalue weighted by molar-refractivity contribution is 5.96. The lowest BCUT2D eigenvalue weighted by molar-refractivity contribution is 0.0732. The molecule has 6 nitrogen and oxygen atoms in total. The van der Waals surface area contributed by atoms with Gasteiger partial charge in [-0.25, -0.2) is 0 Å². The monoisotopic (exact) mass is 323 g/mol. The minimum absolute atomic E-state index is 0.100. The first kappa shape index (κ1) is 17.0. The molecule has 0 bridgehead atoms. The van der Waals surface area contributed by atoms with Gasteiger partial charge >= 0.3 is 0 Å². The molecule has 0 aliphatic heterocycles. The first-order chi connectivity index (χ1) is 11.7. The van der Waals surface area contributed by atoms with E-state index in [4.69, 9.17) is 9.68 Å². The molecule has 0 fully saturated rings. The molecule has 2 aromatic heterocycles. The van der Waals surface area contributed by atoms with Gasteiger partial charge in [-0.15, -0.1) is 0 Å². The van der Waals surface area contributed by atoms with Gasteiger partial charge < -0.3 is 14.4 Å². The number of aromatic hydroxyl groups is 1. The summed E-state index contributed by atoms with van der Waals surface area (Å²) in [6.45, 7) is 0.443. The SMILES string of the molecule is N#CCCN(Cc1ccco1)C(=O)c1ccccccncc1O. The highest BCUT2D eigenvalue weighted by Gasteiger charge is 2.19. The molecule has 122 valence electrons. The normalized spacial score (nSPS) is 9.62. The van der Waals surface area contributed by atoms with Crippen molar-refractivity contribution in [3.63, 3.8) is 0 Å². The Kier molecular flexibility index (Phi) is 6.35. The molecule has 0 aliphatic rings. The number of amides is 1. The number of hydrogen-bond donors (Lipinski definition) is 1. The summed E-state index contributed by atoms with van der Waals surface area (Å²) < 4.78 is 5.27. The van der Waals surface area contributed by atoms with E-state index in [-0.39, 0.29) is 30.8 Å². The van der Waals surface area contributed by atoms with Gasteiger partial charge in [-0.05, 0) is 24.3 Å². The van der Waals surface area contributed by atoms with Crippen LogP contribution in [0.5, 0.6) is 5.75 Å². The van der Waals surface area contributed by atoms with Crippen LogP contribution in [-0.4, -0.2) is 27.4 Å². The van der Waals surface area contributed by atoms with Gasteiger partial charge in [0, 0.05) is 12.7 Å². The molecular weight excluding hydrogens is 306 g/mol. The molecule has 2 heterocycles. The van der Waals surface area contributed by atoms with Crippen LogP contribution in [0.4, 0.5) is 0 Å². The van der Waals surface area contributed by atoms with E-state index < -0.39 is 5.91 Å². The summed E-state index contributed by atoms with van der Waals surface area (Å²) in [5.74, 6) is -0.0425. The molecule has 0 atom stereocenters. The predicted octanol–water partition coefficient (Wildman–Crippen LogP) is 3.06. The number of furan rings is 1. The van der Waals surface area contributed by atoms with Gasteiger partial charge in [0.2, 0.25) is 0 Å². The number of rotatable bonds is 5. The summed E-state index contributed by atoms with van der Waals surface area (Å²) in [5, 5.41) is 19.0. The average Bonchev–Trinajstić information content (AvgIpc) is 3.10. The van der Waals surface area contributed by atoms with E-state index in [0.717, 1.165) is 0 Å². The Bertz CT molecular complexity index is 765. The summed E-state index contributed by atoms with van der Waals surface area (Å²) in [7, 11) is 0. The lowest BCUT2D eigenvalue weighted by Crippen LogP contribution is -2.31. The molecule has 2 aromatic rings. The van der Waals surface area contributed by atoms with Gasteiger partial charge in [0.25, 0.3) is 5.91 Å². The molecule has 0 aromatic carbocycles. The molecule has 1 amide bonds. The first-order valence-electron chi connectivity index (χ1n) is 7.37. The summed E-state index contributed by atoms with van der Waals surface area (Å²) in [5.41, 5.74) is 0.100. The van der Waals surface area contributed by atoms with Crippen molar-refractivity contribution in [3.8, 4) is 11.8 Å². The summed E-state index contributed by atoms with van der Waals surface area (Å²) in [4.78, 5) is 18.2. The highest BCUT2D eigenvalue weighted by Crippen LogP contribution is 2.17. The smallest absolute Gasteiger partial charge is 0.258 e. The molecule has 0 saturated heterocycles. The van der Waals surface area contributed by atoms with Crippen LogP contribution in [0.1, 0.15) is 22.5 Å². The van der Waals surface area contributed by atoms with Crippen LogP contribution < -0.4 is 0 Å². The number of hydrogen-bond acceptors (Lipinski definition) is 5. The lowest BCUT2D eigenvalue weighted by Gasteiger charge is -2.20. The van der Waals surface area contributed by atoms with Gasteiger partial charge in [0.1, 0.15) is 11.5 Å². The van der Waals surface area contributed by atoms with Crippen LogP contribution in [0.2, 0.25) is 0 Å². The second-order valence-corrected chi connectivity index (χ2v) is 4.88. The second kappa shape index (κ2) is 8.96. The Hall–Kier alpha value is -3.33. The molecule has 0 unspecified atom stereocenters. The molecule has 0 spiro atoms. The van der Waals surface area contributed by atoms with Crippen molar-refractivity contribution in [2.24, 2.45) is 0 Å². The molecule has 1 N–H and O–H groups in total. The van der Waals surface area contributed by atoms with Crippen LogP contribution in [0.3, 0.4) is 0 Å². The van der Waals surface area contributed by atoms with Gasteiger partial charge in [-0.3, -0.25) is 9.78 Å². The van der Waals surface area contributed by atoms with E-state index in [1.165, 1.54) is 29.6 Å². The van der Waals surface area contributed by atoms with Crippen molar-refractivity contribution < 1.29 is 14.3 Å². The zero-order valence-electron chi connectivity index (χ0n) is 13.0. The molecule has 0 aliphatic carbocycles. The van der Waals surface area contributed by atoms with Gasteiger partial charge in [0.15, 0.2) is 0 Å². The summed E-state index contributed by atoms with van der Waals surface area (Å²) >= 11 is 0. The van der Waals surface area contributed by atoms with E-state index in [0.29, 0.717) is 5.76 Å². The third-order valence-electron chi connectivity index (χ3n) is 3.18. The standard InChI is InChI=1S/C18H17N3O3/c19-9-6-11-21(14-15-7-5-12-24-15)18(23)16-8-3-1-2-4-10-20-13-17(16)22/h1-5,7-8,10,12-13,22H,6,11,14H2. The lowest BCUT2D eigenvalue weighted by atomic mass is 10.2. The molecule has 2 rings (SSSR count). The largest absolute Gasteiger partial charge is 0.505 e. The molecular formula is C18H17N3O3. The zero-order valence-corrected chi connectivity index (χ0v) is 13.0. The first-order valence-corrected chi connectivity index (χ1v) is 7.37. The van der Waals surface area contributed by atoms with Crippen LogP contribution in [0.25, 0.3) is 0 Å². The molecule has 0 saturated carbocycles. The van der Waals surface area contributed by atoms with Crippen molar-refractivity contribution in [2.45, 2.75) is 13.0 Å².